The van der Waals surface area contributed by atoms with Gasteiger partial charge in [-0.1, -0.05) is 47.6 Å². The van der Waals surface area contributed by atoms with Gasteiger partial charge < -0.3 is 10.1 Å². The number of aryl methyl sites for hydroxylation is 1. The Morgan fingerprint density at radius 1 is 1.26 bits per heavy atom. The molecular formula is C26H28ClN3O3S. The Bertz CT molecular complexity index is 1270. The van der Waals surface area contributed by atoms with Crippen LogP contribution in [0.3, 0.4) is 0 Å². The van der Waals surface area contributed by atoms with E-state index < -0.39 is 5.25 Å². The fraction of sp³-hybridized carbons (Fsp3) is 0.423. The molecule has 1 N–H and O–H groups in total. The Morgan fingerprint density at radius 2 is 2.12 bits per heavy atom. The molecule has 0 radical (unpaired) electrons. The number of thioether (sulfide) groups is 1. The van der Waals surface area contributed by atoms with Crippen molar-refractivity contribution in [3.05, 3.63) is 69.0 Å². The van der Waals surface area contributed by atoms with Crippen molar-refractivity contribution < 1.29 is 9.53 Å². The summed E-state index contributed by atoms with van der Waals surface area (Å²) in [7, 11) is 0. The fourth-order valence-corrected chi connectivity index (χ4v) is 5.91. The number of hydrogen-bond acceptors (Lipinski definition) is 5. The third-order valence-corrected chi connectivity index (χ3v) is 7.96. The maximum Gasteiger partial charge on any atom is 0.262 e. The van der Waals surface area contributed by atoms with Gasteiger partial charge in [0.1, 0.15) is 0 Å². The molecule has 0 saturated carbocycles. The monoisotopic (exact) mass is 497 g/mol. The number of fused-ring (bicyclic) bond motifs is 2. The zero-order valence-electron chi connectivity index (χ0n) is 19.1. The smallest absolute Gasteiger partial charge is 0.262 e. The highest BCUT2D eigenvalue weighted by Crippen LogP contribution is 2.31. The average Bonchev–Trinajstić information content (AvgIpc) is 3.35. The first-order valence-electron chi connectivity index (χ1n) is 11.9. The van der Waals surface area contributed by atoms with Crippen LogP contribution in [0.2, 0.25) is 5.02 Å². The number of benzene rings is 2. The lowest BCUT2D eigenvalue weighted by atomic mass is 9.88. The zero-order valence-corrected chi connectivity index (χ0v) is 20.7. The van der Waals surface area contributed by atoms with Gasteiger partial charge in [-0.3, -0.25) is 14.2 Å². The van der Waals surface area contributed by atoms with Gasteiger partial charge in [-0.15, -0.1) is 0 Å². The molecule has 0 bridgehead atoms. The predicted octanol–water partition coefficient (Wildman–Crippen LogP) is 4.90. The van der Waals surface area contributed by atoms with Crippen LogP contribution < -0.4 is 10.9 Å². The molecule has 1 aromatic heterocycles. The molecule has 1 fully saturated rings. The Hall–Kier alpha value is -2.35. The van der Waals surface area contributed by atoms with E-state index in [-0.39, 0.29) is 23.6 Å². The van der Waals surface area contributed by atoms with Gasteiger partial charge in [0.15, 0.2) is 5.16 Å². The first kappa shape index (κ1) is 23.4. The quantitative estimate of drug-likeness (QED) is 0.387. The number of amides is 1. The minimum atomic E-state index is -0.423. The van der Waals surface area contributed by atoms with Crippen LogP contribution in [0.5, 0.6) is 0 Å². The number of halogens is 1. The van der Waals surface area contributed by atoms with Crippen LogP contribution in [0.15, 0.2) is 52.4 Å². The third-order valence-electron chi connectivity index (χ3n) is 6.63. The average molecular weight is 498 g/mol. The van der Waals surface area contributed by atoms with Crippen LogP contribution in [0.1, 0.15) is 49.8 Å². The fourth-order valence-electron chi connectivity index (χ4n) is 4.82. The van der Waals surface area contributed by atoms with Crippen LogP contribution in [-0.4, -0.2) is 33.4 Å². The summed E-state index contributed by atoms with van der Waals surface area (Å²) in [6.07, 6.45) is 4.90. The molecule has 0 spiro atoms. The zero-order chi connectivity index (χ0) is 23.7. The second kappa shape index (κ2) is 10.1. The summed E-state index contributed by atoms with van der Waals surface area (Å²) in [6, 6.07) is 13.4. The maximum atomic E-state index is 13.4. The molecule has 2 aromatic carbocycles. The molecule has 5 rings (SSSR count). The van der Waals surface area contributed by atoms with Crippen molar-refractivity contribution in [1.29, 1.82) is 0 Å². The summed E-state index contributed by atoms with van der Waals surface area (Å²) in [5.74, 6) is -0.0594. The standard InChI is InChI=1S/C26H28ClN3O3S/c1-16(24(31)28-22-10-4-7-17-6-2-3-9-20(17)22)34-26-29-23-14-18(27)11-12-21(23)25(32)30(26)15-19-8-5-13-33-19/h2-3,6,9,11-12,14,16,19,22H,4-5,7-8,10,13,15H2,1H3,(H,28,31)/t16-,19-,22+/m0/s1. The number of rotatable bonds is 6. The first-order chi connectivity index (χ1) is 16.5. The topological polar surface area (TPSA) is 73.2 Å². The van der Waals surface area contributed by atoms with E-state index in [9.17, 15) is 9.59 Å². The van der Waals surface area contributed by atoms with E-state index >= 15 is 0 Å². The van der Waals surface area contributed by atoms with E-state index in [1.165, 1.54) is 22.9 Å². The molecule has 3 atom stereocenters. The number of hydrogen-bond donors (Lipinski definition) is 1. The number of aromatic nitrogens is 2. The summed E-state index contributed by atoms with van der Waals surface area (Å²) < 4.78 is 7.45. The highest BCUT2D eigenvalue weighted by Gasteiger charge is 2.26. The summed E-state index contributed by atoms with van der Waals surface area (Å²) in [5, 5.41) is 4.36. The Kier molecular flexibility index (Phi) is 6.95. The molecule has 3 aromatic rings. The minimum Gasteiger partial charge on any atom is -0.376 e. The van der Waals surface area contributed by atoms with Crippen LogP contribution >= 0.6 is 23.4 Å². The van der Waals surface area contributed by atoms with E-state index in [4.69, 9.17) is 21.3 Å². The largest absolute Gasteiger partial charge is 0.376 e. The second-order valence-corrected chi connectivity index (χ2v) is 10.8. The van der Waals surface area contributed by atoms with Crippen molar-refractivity contribution in [2.75, 3.05) is 6.61 Å². The molecule has 0 unspecified atom stereocenters. The van der Waals surface area contributed by atoms with E-state index in [1.54, 1.807) is 22.8 Å². The van der Waals surface area contributed by atoms with Gasteiger partial charge in [0, 0.05) is 11.6 Å². The molecule has 6 nitrogen and oxygen atoms in total. The van der Waals surface area contributed by atoms with Crippen molar-refractivity contribution in [1.82, 2.24) is 14.9 Å². The van der Waals surface area contributed by atoms with Crippen LogP contribution in [-0.2, 0) is 22.5 Å². The summed E-state index contributed by atoms with van der Waals surface area (Å²) in [4.78, 5) is 31.3. The number of nitrogens with zero attached hydrogens (tertiary/aromatic N) is 2. The van der Waals surface area contributed by atoms with Gasteiger partial charge in [0.2, 0.25) is 5.91 Å². The van der Waals surface area contributed by atoms with E-state index in [1.807, 2.05) is 19.1 Å². The van der Waals surface area contributed by atoms with Crippen LogP contribution in [0, 0.1) is 0 Å². The molecule has 2 heterocycles. The van der Waals surface area contributed by atoms with E-state index in [0.717, 1.165) is 32.1 Å². The molecule has 1 aliphatic carbocycles. The molecule has 1 aliphatic heterocycles. The second-order valence-electron chi connectivity index (χ2n) is 9.02. The molecule has 2 aliphatic rings. The molecular weight excluding hydrogens is 470 g/mol. The third kappa shape index (κ3) is 4.88. The molecule has 178 valence electrons. The number of carbonyl (C=O) groups is 1. The first-order valence-corrected chi connectivity index (χ1v) is 13.1. The minimum absolute atomic E-state index is 0.0120. The number of ether oxygens (including phenoxy) is 1. The van der Waals surface area contributed by atoms with Gasteiger partial charge >= 0.3 is 0 Å². The lowest BCUT2D eigenvalue weighted by molar-refractivity contribution is -0.121. The summed E-state index contributed by atoms with van der Waals surface area (Å²) in [5.41, 5.74) is 2.91. The molecule has 1 amide bonds. The molecule has 34 heavy (non-hydrogen) atoms. The lowest BCUT2D eigenvalue weighted by Gasteiger charge is -2.27. The summed E-state index contributed by atoms with van der Waals surface area (Å²) in [6.45, 7) is 3.00. The Balaban J connectivity index is 1.40. The van der Waals surface area contributed by atoms with Crippen molar-refractivity contribution in [2.24, 2.45) is 0 Å². The van der Waals surface area contributed by atoms with Crippen molar-refractivity contribution in [3.63, 3.8) is 0 Å². The van der Waals surface area contributed by atoms with Gasteiger partial charge in [-0.25, -0.2) is 4.98 Å². The SMILES string of the molecule is C[C@H](Sc1nc2cc(Cl)ccc2c(=O)n1C[C@@H]1CCCO1)C(=O)N[C@@H]1CCCc2ccccc21. The highest BCUT2D eigenvalue weighted by atomic mass is 35.5. The van der Waals surface area contributed by atoms with Crippen molar-refractivity contribution in [3.8, 4) is 0 Å². The van der Waals surface area contributed by atoms with Gasteiger partial charge in [0.25, 0.3) is 5.56 Å². The van der Waals surface area contributed by atoms with E-state index in [2.05, 4.69) is 17.4 Å². The van der Waals surface area contributed by atoms with Crippen molar-refractivity contribution >= 4 is 40.2 Å². The van der Waals surface area contributed by atoms with Gasteiger partial charge in [-0.05, 0) is 68.4 Å². The lowest BCUT2D eigenvalue weighted by Crippen LogP contribution is -2.36. The van der Waals surface area contributed by atoms with Crippen molar-refractivity contribution in [2.45, 2.75) is 68.1 Å². The molecule has 8 heteroatoms. The maximum absolute atomic E-state index is 13.4. The number of carbonyl (C=O) groups excluding carboxylic acids is 1. The predicted molar refractivity (Wildman–Crippen MR) is 136 cm³/mol. The van der Waals surface area contributed by atoms with Crippen LogP contribution in [0.4, 0.5) is 0 Å². The Morgan fingerprint density at radius 3 is 2.94 bits per heavy atom. The Labute approximate surface area is 208 Å². The summed E-state index contributed by atoms with van der Waals surface area (Å²) >= 11 is 7.47. The number of nitrogens with one attached hydrogen (secondary N) is 1. The van der Waals surface area contributed by atoms with Crippen LogP contribution in [0.25, 0.3) is 10.9 Å². The molecule has 1 saturated heterocycles. The van der Waals surface area contributed by atoms with E-state index in [0.29, 0.717) is 34.2 Å². The normalized spacial score (nSPS) is 20.8. The van der Waals surface area contributed by atoms with Gasteiger partial charge in [0.05, 0.1) is 34.8 Å². The highest BCUT2D eigenvalue weighted by molar-refractivity contribution is 8.00. The van der Waals surface area contributed by atoms with Gasteiger partial charge in [-0.2, -0.15) is 0 Å².